The lowest BCUT2D eigenvalue weighted by Crippen LogP contribution is -2.24. The van der Waals surface area contributed by atoms with Gasteiger partial charge in [-0.15, -0.1) is 11.3 Å². The minimum absolute atomic E-state index is 0.0132. The maximum atomic E-state index is 11.8. The molecule has 2 N–H and O–H groups in total. The lowest BCUT2D eigenvalue weighted by Gasteiger charge is -2.03. The summed E-state index contributed by atoms with van der Waals surface area (Å²) in [6, 6.07) is 1.88. The molecule has 0 fully saturated rings. The van der Waals surface area contributed by atoms with Gasteiger partial charge in [-0.1, -0.05) is 0 Å². The normalized spacial score (nSPS) is 10.6. The van der Waals surface area contributed by atoms with E-state index in [1.165, 1.54) is 16.9 Å². The third-order valence-electron chi connectivity index (χ3n) is 2.67. The average molecular weight is 328 g/mol. The Bertz CT molecular complexity index is 535. The Hall–Kier alpha value is -1.14. The number of thiophene rings is 1. The predicted molar refractivity (Wildman–Crippen MR) is 76.0 cm³/mol. The summed E-state index contributed by atoms with van der Waals surface area (Å²) in [5.74, 6) is -0.0132. The number of hydrogen-bond acceptors (Lipinski definition) is 3. The van der Waals surface area contributed by atoms with Crippen LogP contribution in [0.5, 0.6) is 0 Å². The van der Waals surface area contributed by atoms with Crippen LogP contribution in [0.15, 0.2) is 22.1 Å². The van der Waals surface area contributed by atoms with Crippen LogP contribution in [0.4, 0.5) is 0 Å². The molecule has 0 radical (unpaired) electrons. The van der Waals surface area contributed by atoms with Crippen molar-refractivity contribution in [2.45, 2.75) is 19.8 Å². The molecular formula is C12H14BrN3OS. The molecule has 4 nitrogen and oxygen atoms in total. The van der Waals surface area contributed by atoms with E-state index < -0.39 is 0 Å². The molecule has 2 aromatic rings. The van der Waals surface area contributed by atoms with E-state index in [0.29, 0.717) is 6.54 Å². The van der Waals surface area contributed by atoms with E-state index >= 15 is 0 Å². The van der Waals surface area contributed by atoms with Crippen molar-refractivity contribution in [3.63, 3.8) is 0 Å². The molecule has 2 heterocycles. The predicted octanol–water partition coefficient (Wildman–Crippen LogP) is 2.90. The first-order valence-electron chi connectivity index (χ1n) is 5.68. The summed E-state index contributed by atoms with van der Waals surface area (Å²) in [4.78, 5) is 12.5. The summed E-state index contributed by atoms with van der Waals surface area (Å²) in [6.45, 7) is 2.68. The highest BCUT2D eigenvalue weighted by Gasteiger charge is 2.10. The molecule has 0 saturated heterocycles. The Morgan fingerprint density at radius 1 is 1.61 bits per heavy atom. The van der Waals surface area contributed by atoms with Gasteiger partial charge in [0.2, 0.25) is 0 Å². The maximum Gasteiger partial charge on any atom is 0.262 e. The first kappa shape index (κ1) is 13.3. The van der Waals surface area contributed by atoms with E-state index in [1.807, 2.05) is 24.6 Å². The molecular weight excluding hydrogens is 314 g/mol. The highest BCUT2D eigenvalue weighted by atomic mass is 79.9. The molecule has 0 spiro atoms. The Labute approximate surface area is 118 Å². The third kappa shape index (κ3) is 3.20. The number of amides is 1. The lowest BCUT2D eigenvalue weighted by atomic mass is 10.1. The molecule has 1 amide bonds. The number of nitrogens with zero attached hydrogens (tertiary/aromatic N) is 1. The van der Waals surface area contributed by atoms with Crippen LogP contribution in [0.3, 0.4) is 0 Å². The Morgan fingerprint density at radius 3 is 3.06 bits per heavy atom. The lowest BCUT2D eigenvalue weighted by molar-refractivity contribution is 0.0956. The fourth-order valence-electron chi connectivity index (χ4n) is 1.64. The van der Waals surface area contributed by atoms with Crippen LogP contribution in [0.2, 0.25) is 0 Å². The van der Waals surface area contributed by atoms with E-state index in [1.54, 1.807) is 0 Å². The van der Waals surface area contributed by atoms with Gasteiger partial charge in [0.15, 0.2) is 0 Å². The molecule has 6 heteroatoms. The molecule has 0 aromatic carbocycles. The zero-order chi connectivity index (χ0) is 13.0. The molecule has 0 bridgehead atoms. The number of carbonyl (C=O) groups excluding carboxylic acids is 1. The van der Waals surface area contributed by atoms with Crippen molar-refractivity contribution in [3.05, 3.63) is 38.3 Å². The van der Waals surface area contributed by atoms with Gasteiger partial charge in [-0.25, -0.2) is 0 Å². The van der Waals surface area contributed by atoms with Gasteiger partial charge in [0.25, 0.3) is 5.91 Å². The van der Waals surface area contributed by atoms with Crippen molar-refractivity contribution in [2.24, 2.45) is 0 Å². The average Bonchev–Trinajstić information content (AvgIpc) is 2.94. The molecule has 0 aliphatic heterocycles. The number of aromatic amines is 1. The van der Waals surface area contributed by atoms with Gasteiger partial charge < -0.3 is 5.32 Å². The van der Waals surface area contributed by atoms with Crippen LogP contribution >= 0.6 is 27.3 Å². The first-order valence-corrected chi connectivity index (χ1v) is 7.36. The summed E-state index contributed by atoms with van der Waals surface area (Å²) in [6.07, 6.45) is 3.68. The molecule has 0 unspecified atom stereocenters. The van der Waals surface area contributed by atoms with Crippen molar-refractivity contribution in [3.8, 4) is 0 Å². The minimum Gasteiger partial charge on any atom is -0.351 e. The Balaban J connectivity index is 1.75. The van der Waals surface area contributed by atoms with E-state index in [-0.39, 0.29) is 5.91 Å². The quantitative estimate of drug-likeness (QED) is 0.829. The standard InChI is InChI=1S/C12H14BrN3OS/c1-8-9(7-15-16-8)3-2-5-14-12(17)11-10(13)4-6-18-11/h4,6-7H,2-3,5H2,1H3,(H,14,17)(H,15,16). The molecule has 0 saturated carbocycles. The van der Waals surface area contributed by atoms with Gasteiger partial charge >= 0.3 is 0 Å². The van der Waals surface area contributed by atoms with Crippen molar-refractivity contribution in [1.29, 1.82) is 0 Å². The van der Waals surface area contributed by atoms with Gasteiger partial charge in [-0.2, -0.15) is 5.10 Å². The SMILES string of the molecule is Cc1[nH]ncc1CCCNC(=O)c1sccc1Br. The second-order valence-electron chi connectivity index (χ2n) is 3.98. The van der Waals surface area contributed by atoms with E-state index in [9.17, 15) is 4.79 Å². The highest BCUT2D eigenvalue weighted by molar-refractivity contribution is 9.10. The second-order valence-corrected chi connectivity index (χ2v) is 5.75. The smallest absolute Gasteiger partial charge is 0.262 e. The van der Waals surface area contributed by atoms with Crippen LogP contribution in [-0.2, 0) is 6.42 Å². The van der Waals surface area contributed by atoms with Crippen LogP contribution in [0.1, 0.15) is 27.3 Å². The number of aryl methyl sites for hydroxylation is 2. The molecule has 0 atom stereocenters. The van der Waals surface area contributed by atoms with Gasteiger partial charge in [0.1, 0.15) is 4.88 Å². The van der Waals surface area contributed by atoms with Gasteiger partial charge in [0, 0.05) is 16.7 Å². The first-order chi connectivity index (χ1) is 8.68. The van der Waals surface area contributed by atoms with Crippen molar-refractivity contribution < 1.29 is 4.79 Å². The number of carbonyl (C=O) groups is 1. The van der Waals surface area contributed by atoms with Gasteiger partial charge in [-0.05, 0) is 52.7 Å². The molecule has 96 valence electrons. The van der Waals surface area contributed by atoms with Crippen molar-refractivity contribution >= 4 is 33.2 Å². The molecule has 0 aliphatic carbocycles. The van der Waals surface area contributed by atoms with Crippen LogP contribution < -0.4 is 5.32 Å². The summed E-state index contributed by atoms with van der Waals surface area (Å²) in [5.41, 5.74) is 2.31. The molecule has 0 aliphatic rings. The summed E-state index contributed by atoms with van der Waals surface area (Å²) < 4.78 is 0.857. The fraction of sp³-hybridized carbons (Fsp3) is 0.333. The van der Waals surface area contributed by atoms with E-state index in [4.69, 9.17) is 0 Å². The van der Waals surface area contributed by atoms with E-state index in [2.05, 4.69) is 31.4 Å². The minimum atomic E-state index is -0.0132. The fourth-order valence-corrected chi connectivity index (χ4v) is 3.11. The monoisotopic (exact) mass is 327 g/mol. The molecule has 2 rings (SSSR count). The summed E-state index contributed by atoms with van der Waals surface area (Å²) in [7, 11) is 0. The molecule has 18 heavy (non-hydrogen) atoms. The molecule has 2 aromatic heterocycles. The number of H-pyrrole nitrogens is 1. The van der Waals surface area contributed by atoms with Crippen LogP contribution in [-0.4, -0.2) is 22.6 Å². The number of rotatable bonds is 5. The van der Waals surface area contributed by atoms with Gasteiger partial charge in [0.05, 0.1) is 6.20 Å². The number of nitrogens with one attached hydrogen (secondary N) is 2. The summed E-state index contributed by atoms with van der Waals surface area (Å²) in [5, 5.41) is 11.7. The second kappa shape index (κ2) is 6.15. The highest BCUT2D eigenvalue weighted by Crippen LogP contribution is 2.22. The topological polar surface area (TPSA) is 57.8 Å². The largest absolute Gasteiger partial charge is 0.351 e. The Morgan fingerprint density at radius 2 is 2.44 bits per heavy atom. The van der Waals surface area contributed by atoms with Crippen LogP contribution in [0, 0.1) is 6.92 Å². The summed E-state index contributed by atoms with van der Waals surface area (Å²) >= 11 is 4.80. The Kier molecular flexibility index (Phi) is 4.54. The van der Waals surface area contributed by atoms with Crippen molar-refractivity contribution in [2.75, 3.05) is 6.54 Å². The third-order valence-corrected chi connectivity index (χ3v) is 4.50. The van der Waals surface area contributed by atoms with Crippen LogP contribution in [0.25, 0.3) is 0 Å². The number of halogens is 1. The zero-order valence-corrected chi connectivity index (χ0v) is 12.4. The van der Waals surface area contributed by atoms with Gasteiger partial charge in [-0.3, -0.25) is 9.89 Å². The van der Waals surface area contributed by atoms with E-state index in [0.717, 1.165) is 27.9 Å². The number of aromatic nitrogens is 2. The van der Waals surface area contributed by atoms with Crippen molar-refractivity contribution in [1.82, 2.24) is 15.5 Å². The maximum absolute atomic E-state index is 11.8. The number of hydrogen-bond donors (Lipinski definition) is 2. The zero-order valence-electron chi connectivity index (χ0n) is 10.00.